The summed E-state index contributed by atoms with van der Waals surface area (Å²) in [6, 6.07) is 6.14. The first-order valence-corrected chi connectivity index (χ1v) is 7.67. The first kappa shape index (κ1) is 14.6. The lowest BCUT2D eigenvalue weighted by Crippen LogP contribution is -2.15. The molecule has 1 heterocycles. The van der Waals surface area contributed by atoms with E-state index in [-0.39, 0.29) is 15.7 Å². The Morgan fingerprint density at radius 3 is 2.50 bits per heavy atom. The number of pyridine rings is 1. The average molecular weight is 312 g/mol. The Balaban J connectivity index is 2.43. The van der Waals surface area contributed by atoms with Gasteiger partial charge in [0.05, 0.1) is 11.4 Å². The van der Waals surface area contributed by atoms with Crippen molar-refractivity contribution in [2.45, 2.75) is 18.7 Å². The molecule has 0 atom stereocenters. The molecule has 0 fully saturated rings. The molecule has 2 aromatic rings. The Morgan fingerprint density at radius 2 is 1.85 bits per heavy atom. The van der Waals surface area contributed by atoms with Crippen molar-refractivity contribution < 1.29 is 8.42 Å². The minimum atomic E-state index is -3.76. The highest BCUT2D eigenvalue weighted by molar-refractivity contribution is 7.92. The van der Waals surface area contributed by atoms with Crippen molar-refractivity contribution in [2.75, 3.05) is 10.5 Å². The van der Waals surface area contributed by atoms with E-state index in [1.54, 1.807) is 12.1 Å². The van der Waals surface area contributed by atoms with Crippen molar-refractivity contribution in [2.24, 2.45) is 0 Å². The second-order valence-electron chi connectivity index (χ2n) is 4.45. The van der Waals surface area contributed by atoms with Gasteiger partial charge in [-0.2, -0.15) is 0 Å². The van der Waals surface area contributed by atoms with Crippen LogP contribution in [0.1, 0.15) is 11.1 Å². The third kappa shape index (κ3) is 3.02. The topological polar surface area (TPSA) is 85.1 Å². The monoisotopic (exact) mass is 311 g/mol. The highest BCUT2D eigenvalue weighted by Gasteiger charge is 2.18. The van der Waals surface area contributed by atoms with Gasteiger partial charge in [-0.15, -0.1) is 0 Å². The Morgan fingerprint density at radius 1 is 1.20 bits per heavy atom. The maximum Gasteiger partial charge on any atom is 0.263 e. The molecule has 3 N–H and O–H groups in total. The highest BCUT2D eigenvalue weighted by atomic mass is 35.5. The molecule has 0 unspecified atom stereocenters. The molecule has 0 radical (unpaired) electrons. The lowest BCUT2D eigenvalue weighted by atomic mass is 10.1. The number of sulfonamides is 1. The molecule has 1 aromatic carbocycles. The van der Waals surface area contributed by atoms with E-state index in [9.17, 15) is 8.42 Å². The standard InChI is InChI=1S/C13H14ClN3O2S/c1-8-5-11(15)12(6-9(8)2)20(18,19)17-10-3-4-16-13(14)7-10/h3-7H,15H2,1-2H3,(H,16,17). The number of rotatable bonds is 3. The number of nitrogen functional groups attached to an aromatic ring is 1. The number of hydrogen-bond donors (Lipinski definition) is 2. The lowest BCUT2D eigenvalue weighted by Gasteiger charge is -2.12. The quantitative estimate of drug-likeness (QED) is 0.674. The van der Waals surface area contributed by atoms with Gasteiger partial charge in [0.2, 0.25) is 0 Å². The number of halogens is 1. The van der Waals surface area contributed by atoms with E-state index >= 15 is 0 Å². The summed E-state index contributed by atoms with van der Waals surface area (Å²) < 4.78 is 27.1. The maximum atomic E-state index is 12.3. The second-order valence-corrected chi connectivity index (χ2v) is 6.49. The van der Waals surface area contributed by atoms with Gasteiger partial charge in [-0.1, -0.05) is 11.6 Å². The van der Waals surface area contributed by atoms with E-state index in [0.29, 0.717) is 5.69 Å². The molecule has 0 saturated carbocycles. The lowest BCUT2D eigenvalue weighted by molar-refractivity contribution is 0.601. The van der Waals surface area contributed by atoms with Gasteiger partial charge in [-0.05, 0) is 49.2 Å². The highest BCUT2D eigenvalue weighted by Crippen LogP contribution is 2.25. The molecule has 0 aliphatic carbocycles. The van der Waals surface area contributed by atoms with Crippen LogP contribution in [-0.4, -0.2) is 13.4 Å². The summed E-state index contributed by atoms with van der Waals surface area (Å²) in [4.78, 5) is 3.84. The van der Waals surface area contributed by atoms with E-state index in [1.807, 2.05) is 13.8 Å². The van der Waals surface area contributed by atoms with Gasteiger partial charge in [0.1, 0.15) is 10.0 Å². The van der Waals surface area contributed by atoms with E-state index in [4.69, 9.17) is 17.3 Å². The summed E-state index contributed by atoms with van der Waals surface area (Å²) in [6.07, 6.45) is 1.42. The summed E-state index contributed by atoms with van der Waals surface area (Å²) in [5.41, 5.74) is 8.14. The van der Waals surface area contributed by atoms with Gasteiger partial charge >= 0.3 is 0 Å². The van der Waals surface area contributed by atoms with Crippen LogP contribution in [0, 0.1) is 13.8 Å². The molecule has 0 aliphatic heterocycles. The van der Waals surface area contributed by atoms with E-state index < -0.39 is 10.0 Å². The molecule has 0 spiro atoms. The molecule has 1 aromatic heterocycles. The molecule has 106 valence electrons. The third-order valence-corrected chi connectivity index (χ3v) is 4.54. The van der Waals surface area contributed by atoms with Gasteiger partial charge in [0, 0.05) is 6.20 Å². The van der Waals surface area contributed by atoms with E-state index in [0.717, 1.165) is 11.1 Å². The van der Waals surface area contributed by atoms with Gasteiger partial charge in [-0.25, -0.2) is 13.4 Å². The number of nitrogens with one attached hydrogen (secondary N) is 1. The number of hydrogen-bond acceptors (Lipinski definition) is 4. The third-order valence-electron chi connectivity index (χ3n) is 2.89. The Hall–Kier alpha value is -1.79. The number of anilines is 2. The van der Waals surface area contributed by atoms with Crippen LogP contribution in [0.25, 0.3) is 0 Å². The van der Waals surface area contributed by atoms with Crippen molar-refractivity contribution in [3.8, 4) is 0 Å². The maximum absolute atomic E-state index is 12.3. The van der Waals surface area contributed by atoms with Crippen LogP contribution < -0.4 is 10.5 Å². The molecule has 0 saturated heterocycles. The van der Waals surface area contributed by atoms with Crippen LogP contribution in [0.5, 0.6) is 0 Å². The smallest absolute Gasteiger partial charge is 0.263 e. The Kier molecular flexibility index (Phi) is 3.87. The Bertz CT molecular complexity index is 760. The predicted molar refractivity (Wildman–Crippen MR) is 80.4 cm³/mol. The summed E-state index contributed by atoms with van der Waals surface area (Å²) in [5, 5.41) is 0.207. The van der Waals surface area contributed by atoms with Crippen molar-refractivity contribution in [3.05, 3.63) is 46.7 Å². The van der Waals surface area contributed by atoms with Gasteiger partial charge in [-0.3, -0.25) is 4.72 Å². The number of benzene rings is 1. The van der Waals surface area contributed by atoms with Crippen LogP contribution in [0.15, 0.2) is 35.4 Å². The number of aromatic nitrogens is 1. The van der Waals surface area contributed by atoms with Gasteiger partial charge < -0.3 is 5.73 Å². The zero-order chi connectivity index (χ0) is 14.9. The van der Waals surface area contributed by atoms with E-state index in [1.165, 1.54) is 18.3 Å². The summed E-state index contributed by atoms with van der Waals surface area (Å²) in [7, 11) is -3.76. The van der Waals surface area contributed by atoms with Crippen LogP contribution in [-0.2, 0) is 10.0 Å². The van der Waals surface area contributed by atoms with Crippen molar-refractivity contribution >= 4 is 33.0 Å². The molecule has 5 nitrogen and oxygen atoms in total. The first-order valence-electron chi connectivity index (χ1n) is 5.81. The molecule has 2 rings (SSSR count). The summed E-state index contributed by atoms with van der Waals surface area (Å²) in [6.45, 7) is 3.70. The second kappa shape index (κ2) is 5.30. The molecular formula is C13H14ClN3O2S. The van der Waals surface area contributed by atoms with E-state index in [2.05, 4.69) is 9.71 Å². The summed E-state index contributed by atoms with van der Waals surface area (Å²) in [5.74, 6) is 0. The molecule has 7 heteroatoms. The Labute approximate surface area is 122 Å². The van der Waals surface area contributed by atoms with Crippen LogP contribution in [0.2, 0.25) is 5.15 Å². The van der Waals surface area contributed by atoms with Crippen molar-refractivity contribution in [1.29, 1.82) is 0 Å². The fourth-order valence-electron chi connectivity index (χ4n) is 1.72. The van der Waals surface area contributed by atoms with Crippen LogP contribution in [0.4, 0.5) is 11.4 Å². The molecule has 0 bridgehead atoms. The zero-order valence-electron chi connectivity index (χ0n) is 11.0. The van der Waals surface area contributed by atoms with Crippen molar-refractivity contribution in [3.63, 3.8) is 0 Å². The minimum absolute atomic E-state index is 0.0496. The average Bonchev–Trinajstić information content (AvgIpc) is 2.33. The zero-order valence-corrected chi connectivity index (χ0v) is 12.6. The number of nitrogens with two attached hydrogens (primary N) is 1. The molecule has 0 aliphatic rings. The number of nitrogens with zero attached hydrogens (tertiary/aromatic N) is 1. The SMILES string of the molecule is Cc1cc(N)c(S(=O)(=O)Nc2ccnc(Cl)c2)cc1C. The number of aryl methyl sites for hydroxylation is 2. The van der Waals surface area contributed by atoms with Gasteiger partial charge in [0.15, 0.2) is 0 Å². The fraction of sp³-hybridized carbons (Fsp3) is 0.154. The molecular weight excluding hydrogens is 298 g/mol. The fourth-order valence-corrected chi connectivity index (χ4v) is 3.14. The molecule has 0 amide bonds. The predicted octanol–water partition coefficient (Wildman–Crippen LogP) is 2.73. The minimum Gasteiger partial charge on any atom is -0.398 e. The summed E-state index contributed by atoms with van der Waals surface area (Å²) >= 11 is 5.73. The first-order chi connectivity index (χ1) is 9.29. The normalized spacial score (nSPS) is 11.3. The van der Waals surface area contributed by atoms with Gasteiger partial charge in [0.25, 0.3) is 10.0 Å². The van der Waals surface area contributed by atoms with Crippen LogP contribution >= 0.6 is 11.6 Å². The largest absolute Gasteiger partial charge is 0.398 e. The van der Waals surface area contributed by atoms with Crippen molar-refractivity contribution in [1.82, 2.24) is 4.98 Å². The van der Waals surface area contributed by atoms with Crippen LogP contribution in [0.3, 0.4) is 0 Å². The molecule has 20 heavy (non-hydrogen) atoms.